The molecule has 2 aromatic carbocycles. The number of anilines is 1. The van der Waals surface area contributed by atoms with E-state index >= 15 is 0 Å². The summed E-state index contributed by atoms with van der Waals surface area (Å²) in [5.41, 5.74) is -0.0199. The smallest absolute Gasteiger partial charge is 0.454 e. The minimum atomic E-state index is -5.06. The molecule has 1 heterocycles. The molecule has 10 heteroatoms. The lowest BCUT2D eigenvalue weighted by atomic mass is 9.95. The highest BCUT2D eigenvalue weighted by atomic mass is 35.5. The number of carbonyl (C=O) groups excluding carboxylic acids is 1. The van der Waals surface area contributed by atoms with Crippen LogP contribution in [0.3, 0.4) is 0 Å². The molecule has 0 aliphatic carbocycles. The molecule has 2 aromatic rings. The first-order valence-electron chi connectivity index (χ1n) is 7.88. The minimum absolute atomic E-state index is 0.0125. The topological polar surface area (TPSA) is 90.2 Å². The van der Waals surface area contributed by atoms with Crippen LogP contribution in [0.15, 0.2) is 47.6 Å². The molecule has 0 saturated carbocycles. The van der Waals surface area contributed by atoms with Gasteiger partial charge in [-0.2, -0.15) is 13.2 Å². The zero-order chi connectivity index (χ0) is 20.6. The van der Waals surface area contributed by atoms with Gasteiger partial charge in [-0.05, 0) is 35.9 Å². The Hall–Kier alpha value is -3.07. The second-order valence-electron chi connectivity index (χ2n) is 5.99. The number of alkyl halides is 3. The van der Waals surface area contributed by atoms with Crippen LogP contribution in [-0.2, 0) is 4.79 Å². The Morgan fingerprint density at radius 3 is 2.54 bits per heavy atom. The van der Waals surface area contributed by atoms with Gasteiger partial charge in [0.25, 0.3) is 5.78 Å². The molecule has 1 atom stereocenters. The monoisotopic (exact) mass is 412 g/mol. The van der Waals surface area contributed by atoms with E-state index in [9.17, 15) is 33.0 Å². The number of hydrazone groups is 1. The summed E-state index contributed by atoms with van der Waals surface area (Å²) in [6, 6.07) is 7.95. The van der Waals surface area contributed by atoms with Crippen LogP contribution in [0.1, 0.15) is 33.9 Å². The first-order valence-corrected chi connectivity index (χ1v) is 8.25. The molecule has 28 heavy (non-hydrogen) atoms. The quantitative estimate of drug-likeness (QED) is 0.729. The van der Waals surface area contributed by atoms with Gasteiger partial charge in [-0.25, -0.2) is 0 Å². The van der Waals surface area contributed by atoms with Crippen LogP contribution < -0.4 is 5.01 Å². The standard InChI is InChI=1S/C18H12ClF3N2O4/c19-10-4-5-12-13(7-10)14(8-15(25)26)24(23-17(12)28)11-3-1-2-9(6-11)16(27)18(20,21)22/h1-7,14H,8H2,(H,23,28)(H,25,26). The molecule has 0 amide bonds. The molecular weight excluding hydrogens is 401 g/mol. The van der Waals surface area contributed by atoms with Crippen LogP contribution >= 0.6 is 11.6 Å². The molecule has 0 bridgehead atoms. The normalized spacial score (nSPS) is 16.4. The average Bonchev–Trinajstić information content (AvgIpc) is 2.62. The molecule has 0 spiro atoms. The second-order valence-corrected chi connectivity index (χ2v) is 6.43. The highest BCUT2D eigenvalue weighted by Gasteiger charge is 2.40. The maximum Gasteiger partial charge on any atom is 0.454 e. The summed E-state index contributed by atoms with van der Waals surface area (Å²) in [5, 5.41) is 24.8. The van der Waals surface area contributed by atoms with E-state index in [1.165, 1.54) is 30.3 Å². The van der Waals surface area contributed by atoms with Crippen LogP contribution in [-0.4, -0.2) is 34.0 Å². The summed E-state index contributed by atoms with van der Waals surface area (Å²) in [6.45, 7) is 0. The van der Waals surface area contributed by atoms with Crippen LogP contribution in [0, 0.1) is 0 Å². The van der Waals surface area contributed by atoms with E-state index in [2.05, 4.69) is 5.10 Å². The third-order valence-electron chi connectivity index (χ3n) is 4.11. The van der Waals surface area contributed by atoms with Gasteiger partial charge in [0, 0.05) is 16.1 Å². The van der Waals surface area contributed by atoms with Crippen LogP contribution in [0.4, 0.5) is 18.9 Å². The highest BCUT2D eigenvalue weighted by molar-refractivity contribution is 6.30. The Morgan fingerprint density at radius 2 is 1.89 bits per heavy atom. The van der Waals surface area contributed by atoms with Crippen molar-refractivity contribution in [1.29, 1.82) is 0 Å². The van der Waals surface area contributed by atoms with Crippen molar-refractivity contribution < 1.29 is 33.0 Å². The fourth-order valence-electron chi connectivity index (χ4n) is 2.92. The minimum Gasteiger partial charge on any atom is -0.492 e. The fraction of sp³-hybridized carbons (Fsp3) is 0.167. The van der Waals surface area contributed by atoms with Crippen molar-refractivity contribution in [2.75, 3.05) is 5.01 Å². The predicted octanol–water partition coefficient (Wildman–Crippen LogP) is 4.34. The number of carboxylic acid groups (broad SMARTS) is 1. The van der Waals surface area contributed by atoms with E-state index in [0.29, 0.717) is 5.56 Å². The van der Waals surface area contributed by atoms with E-state index in [1.807, 2.05) is 0 Å². The van der Waals surface area contributed by atoms with Crippen molar-refractivity contribution in [2.24, 2.45) is 5.10 Å². The Balaban J connectivity index is 2.11. The number of aliphatic hydroxyl groups excluding tert-OH is 1. The lowest BCUT2D eigenvalue weighted by Gasteiger charge is -2.33. The van der Waals surface area contributed by atoms with Crippen LogP contribution in [0.25, 0.3) is 0 Å². The molecule has 0 fully saturated rings. The fourth-order valence-corrected chi connectivity index (χ4v) is 3.10. The predicted molar refractivity (Wildman–Crippen MR) is 94.9 cm³/mol. The van der Waals surface area contributed by atoms with Crippen molar-refractivity contribution in [3.05, 3.63) is 64.2 Å². The first kappa shape index (κ1) is 19.7. The maximum absolute atomic E-state index is 12.7. The summed E-state index contributed by atoms with van der Waals surface area (Å²) < 4.78 is 38.2. The van der Waals surface area contributed by atoms with Crippen molar-refractivity contribution in [3.63, 3.8) is 0 Å². The molecule has 146 valence electrons. The van der Waals surface area contributed by atoms with Crippen molar-refractivity contribution >= 4 is 34.9 Å². The van der Waals surface area contributed by atoms with Crippen molar-refractivity contribution in [3.8, 4) is 0 Å². The third kappa shape index (κ3) is 3.79. The summed E-state index contributed by atoms with van der Waals surface area (Å²) >= 11 is 5.98. The Labute approximate surface area is 161 Å². The molecule has 1 unspecified atom stereocenters. The lowest BCUT2D eigenvalue weighted by Crippen LogP contribution is -2.33. The molecule has 1 aliphatic rings. The van der Waals surface area contributed by atoms with Gasteiger partial charge in [-0.1, -0.05) is 23.7 Å². The molecule has 0 aromatic heterocycles. The van der Waals surface area contributed by atoms with Crippen LogP contribution in [0.2, 0.25) is 5.02 Å². The zero-order valence-electron chi connectivity index (χ0n) is 13.9. The number of aliphatic hydroxyl groups is 1. The van der Waals surface area contributed by atoms with Gasteiger partial charge in [0.05, 0.1) is 18.2 Å². The van der Waals surface area contributed by atoms with Gasteiger partial charge < -0.3 is 10.2 Å². The van der Waals surface area contributed by atoms with Gasteiger partial charge in [0.2, 0.25) is 5.90 Å². The number of nitrogens with zero attached hydrogens (tertiary/aromatic N) is 2. The van der Waals surface area contributed by atoms with Gasteiger partial charge in [0.15, 0.2) is 0 Å². The summed E-state index contributed by atoms with van der Waals surface area (Å²) in [6.07, 6.45) is -5.53. The number of hydrogen-bond acceptors (Lipinski definition) is 4. The molecule has 1 aliphatic heterocycles. The molecular formula is C18H12ClF3N2O4. The largest absolute Gasteiger partial charge is 0.492 e. The number of aliphatic carboxylic acids is 1. The number of carboxylic acids is 1. The van der Waals surface area contributed by atoms with Gasteiger partial charge in [0.1, 0.15) is 0 Å². The number of carbonyl (C=O) groups is 2. The number of Topliss-reactive ketones (excluding diaryl/α,β-unsaturated/α-hetero) is 1. The number of benzene rings is 2. The van der Waals surface area contributed by atoms with E-state index in [-0.39, 0.29) is 16.3 Å². The number of hydrogen-bond donors (Lipinski definition) is 2. The lowest BCUT2D eigenvalue weighted by molar-refractivity contribution is -0.137. The average molecular weight is 413 g/mol. The molecule has 3 rings (SSSR count). The van der Waals surface area contributed by atoms with E-state index in [1.54, 1.807) is 0 Å². The second kappa shape index (κ2) is 7.16. The summed E-state index contributed by atoms with van der Waals surface area (Å²) in [4.78, 5) is 22.9. The van der Waals surface area contributed by atoms with E-state index in [0.717, 1.165) is 17.1 Å². The maximum atomic E-state index is 12.7. The van der Waals surface area contributed by atoms with Gasteiger partial charge in [-0.3, -0.25) is 14.6 Å². The Kier molecular flexibility index (Phi) is 5.03. The van der Waals surface area contributed by atoms with Gasteiger partial charge in [-0.15, -0.1) is 5.10 Å². The van der Waals surface area contributed by atoms with Gasteiger partial charge >= 0.3 is 12.1 Å². The number of ketones is 1. The van der Waals surface area contributed by atoms with Crippen molar-refractivity contribution in [2.45, 2.75) is 18.6 Å². The molecule has 2 N–H and O–H groups in total. The highest BCUT2D eigenvalue weighted by Crippen LogP contribution is 2.37. The molecule has 0 radical (unpaired) electrons. The Bertz CT molecular complexity index is 991. The SMILES string of the molecule is O=C(O)CC1c2cc(Cl)ccc2C(O)=NN1c1cccc(C(=O)C(F)(F)F)c1. The molecule has 0 saturated heterocycles. The summed E-state index contributed by atoms with van der Waals surface area (Å²) in [7, 11) is 0. The number of rotatable bonds is 4. The zero-order valence-corrected chi connectivity index (χ0v) is 14.7. The van der Waals surface area contributed by atoms with Crippen molar-refractivity contribution in [1.82, 2.24) is 0 Å². The Morgan fingerprint density at radius 1 is 1.18 bits per heavy atom. The first-order chi connectivity index (χ1) is 13.1. The third-order valence-corrected chi connectivity index (χ3v) is 4.34. The van der Waals surface area contributed by atoms with Crippen LogP contribution in [0.5, 0.6) is 0 Å². The van der Waals surface area contributed by atoms with E-state index < -0.39 is 41.9 Å². The number of halogens is 4. The summed E-state index contributed by atoms with van der Waals surface area (Å²) in [5.74, 6) is -3.70. The van der Waals surface area contributed by atoms with E-state index in [4.69, 9.17) is 11.6 Å². The number of fused-ring (bicyclic) bond motifs is 1. The molecule has 6 nitrogen and oxygen atoms in total.